The van der Waals surface area contributed by atoms with Crippen LogP contribution in [0, 0.1) is 0 Å². The first-order valence-corrected chi connectivity index (χ1v) is 12.3. The van der Waals surface area contributed by atoms with E-state index < -0.39 is 20.3 Å². The summed E-state index contributed by atoms with van der Waals surface area (Å²) in [6.07, 6.45) is 1.99. The molecule has 0 aliphatic rings. The van der Waals surface area contributed by atoms with Gasteiger partial charge in [0.1, 0.15) is 6.04 Å². The number of amides is 1. The summed E-state index contributed by atoms with van der Waals surface area (Å²) in [4.78, 5) is 29.3. The lowest BCUT2D eigenvalue weighted by Crippen LogP contribution is -2.45. The van der Waals surface area contributed by atoms with Crippen molar-refractivity contribution in [3.8, 4) is 0 Å². The van der Waals surface area contributed by atoms with Crippen molar-refractivity contribution in [1.29, 1.82) is 0 Å². The third kappa shape index (κ3) is 5.17. The molecule has 0 aliphatic heterocycles. The van der Waals surface area contributed by atoms with Gasteiger partial charge in [0.25, 0.3) is 5.91 Å². The predicted octanol–water partition coefficient (Wildman–Crippen LogP) is 3.92. The average Bonchev–Trinajstić information content (AvgIpc) is 2.65. The van der Waals surface area contributed by atoms with E-state index in [1.165, 1.54) is 7.11 Å². The van der Waals surface area contributed by atoms with Crippen molar-refractivity contribution < 1.29 is 18.8 Å². The Morgan fingerprint density at radius 2 is 1.86 bits per heavy atom. The van der Waals surface area contributed by atoms with Gasteiger partial charge in [0, 0.05) is 24.6 Å². The molecular formula is C21H30N2O4Si. The van der Waals surface area contributed by atoms with Crippen LogP contribution in [0.1, 0.15) is 37.6 Å². The van der Waals surface area contributed by atoms with E-state index in [4.69, 9.17) is 9.16 Å². The first kappa shape index (κ1) is 22.0. The van der Waals surface area contributed by atoms with Crippen molar-refractivity contribution >= 4 is 31.1 Å². The third-order valence-electron chi connectivity index (χ3n) is 5.34. The second kappa shape index (κ2) is 8.83. The first-order chi connectivity index (χ1) is 13.1. The first-order valence-electron chi connectivity index (χ1n) is 9.43. The number of benzene rings is 1. The zero-order chi connectivity index (χ0) is 20.9. The molecule has 28 heavy (non-hydrogen) atoms. The highest BCUT2D eigenvalue weighted by molar-refractivity contribution is 6.74. The molecule has 0 saturated carbocycles. The van der Waals surface area contributed by atoms with Crippen LogP contribution in [-0.2, 0) is 14.0 Å². The zero-order valence-corrected chi connectivity index (χ0v) is 18.5. The minimum atomic E-state index is -1.93. The van der Waals surface area contributed by atoms with Gasteiger partial charge in [0.05, 0.1) is 18.2 Å². The summed E-state index contributed by atoms with van der Waals surface area (Å²) in [5.41, 5.74) is 1.03. The Hall–Kier alpha value is -2.25. The number of esters is 1. The van der Waals surface area contributed by atoms with E-state index in [0.29, 0.717) is 24.1 Å². The number of rotatable bonds is 7. The van der Waals surface area contributed by atoms with E-state index in [1.807, 2.05) is 18.2 Å². The van der Waals surface area contributed by atoms with Crippen molar-refractivity contribution in [2.24, 2.45) is 0 Å². The van der Waals surface area contributed by atoms with E-state index in [1.54, 1.807) is 18.3 Å². The molecule has 1 N–H and O–H groups in total. The highest BCUT2D eigenvalue weighted by Gasteiger charge is 2.37. The van der Waals surface area contributed by atoms with E-state index in [-0.39, 0.29) is 10.9 Å². The number of ether oxygens (including phenoxy) is 1. The normalized spacial score (nSPS) is 13.2. The van der Waals surface area contributed by atoms with Crippen LogP contribution in [0.3, 0.4) is 0 Å². The summed E-state index contributed by atoms with van der Waals surface area (Å²) in [6.45, 7) is 11.2. The molecule has 0 spiro atoms. The summed E-state index contributed by atoms with van der Waals surface area (Å²) in [7, 11) is -0.617. The number of pyridine rings is 1. The Bertz CT molecular complexity index is 840. The molecule has 1 heterocycles. The van der Waals surface area contributed by atoms with Crippen molar-refractivity contribution in [2.45, 2.75) is 51.4 Å². The zero-order valence-electron chi connectivity index (χ0n) is 17.5. The van der Waals surface area contributed by atoms with Gasteiger partial charge >= 0.3 is 5.97 Å². The standard InChI is InChI=1S/C21H30N2O4Si/c1-21(2,3)28(5,6)27-14-12-17(20(25)26-4)23-19(24)16-11-7-9-15-10-8-13-22-18(15)16/h7-11,13,17H,12,14H2,1-6H3,(H,23,24)/t17-/m0/s1. The molecule has 2 rings (SSSR count). The van der Waals surface area contributed by atoms with Crippen molar-refractivity contribution in [2.75, 3.05) is 13.7 Å². The molecule has 7 heteroatoms. The lowest BCUT2D eigenvalue weighted by Gasteiger charge is -2.36. The summed E-state index contributed by atoms with van der Waals surface area (Å²) < 4.78 is 11.0. The Morgan fingerprint density at radius 3 is 2.50 bits per heavy atom. The van der Waals surface area contributed by atoms with Gasteiger partial charge in [0.2, 0.25) is 0 Å². The van der Waals surface area contributed by atoms with Crippen LogP contribution < -0.4 is 5.32 Å². The number of methoxy groups -OCH3 is 1. The van der Waals surface area contributed by atoms with Crippen LogP contribution in [0.25, 0.3) is 10.9 Å². The molecule has 0 saturated heterocycles. The number of carbonyl (C=O) groups is 2. The van der Waals surface area contributed by atoms with Gasteiger partial charge in [-0.3, -0.25) is 9.78 Å². The fourth-order valence-electron chi connectivity index (χ4n) is 2.56. The Balaban J connectivity index is 2.11. The van der Waals surface area contributed by atoms with Crippen molar-refractivity contribution in [3.05, 3.63) is 42.1 Å². The molecule has 0 unspecified atom stereocenters. The Kier molecular flexibility index (Phi) is 6.95. The Morgan fingerprint density at radius 1 is 1.18 bits per heavy atom. The van der Waals surface area contributed by atoms with Crippen LogP contribution >= 0.6 is 0 Å². The van der Waals surface area contributed by atoms with E-state index >= 15 is 0 Å². The highest BCUT2D eigenvalue weighted by Crippen LogP contribution is 2.36. The highest BCUT2D eigenvalue weighted by atomic mass is 28.4. The quantitative estimate of drug-likeness (QED) is 0.561. The van der Waals surface area contributed by atoms with Gasteiger partial charge in [-0.15, -0.1) is 0 Å². The van der Waals surface area contributed by atoms with Crippen LogP contribution in [0.2, 0.25) is 18.1 Å². The average molecular weight is 403 g/mol. The Labute approximate surface area is 167 Å². The number of nitrogens with one attached hydrogen (secondary N) is 1. The van der Waals surface area contributed by atoms with Crippen LogP contribution in [-0.4, -0.2) is 44.9 Å². The van der Waals surface area contributed by atoms with Crippen LogP contribution in [0.4, 0.5) is 0 Å². The fourth-order valence-corrected chi connectivity index (χ4v) is 3.62. The second-order valence-electron chi connectivity index (χ2n) is 8.33. The van der Waals surface area contributed by atoms with Crippen molar-refractivity contribution in [1.82, 2.24) is 10.3 Å². The molecule has 0 bridgehead atoms. The third-order valence-corrected chi connectivity index (χ3v) is 9.88. The summed E-state index contributed by atoms with van der Waals surface area (Å²) >= 11 is 0. The number of para-hydroxylation sites is 1. The van der Waals surface area contributed by atoms with E-state index in [2.05, 4.69) is 44.2 Å². The molecule has 1 amide bonds. The van der Waals surface area contributed by atoms with E-state index in [0.717, 1.165) is 5.39 Å². The molecule has 2 aromatic rings. The van der Waals surface area contributed by atoms with Gasteiger partial charge in [-0.05, 0) is 30.3 Å². The molecule has 152 valence electrons. The fraction of sp³-hybridized carbons (Fsp3) is 0.476. The maximum atomic E-state index is 12.8. The molecule has 1 aromatic carbocycles. The molecule has 0 radical (unpaired) electrons. The number of hydrogen-bond acceptors (Lipinski definition) is 5. The van der Waals surface area contributed by atoms with Crippen molar-refractivity contribution in [3.63, 3.8) is 0 Å². The molecule has 6 nitrogen and oxygen atoms in total. The predicted molar refractivity (Wildman–Crippen MR) is 113 cm³/mol. The summed E-state index contributed by atoms with van der Waals surface area (Å²) in [5.74, 6) is -0.840. The number of hydrogen-bond donors (Lipinski definition) is 1. The number of fused-ring (bicyclic) bond motifs is 1. The van der Waals surface area contributed by atoms with Gasteiger partial charge in [-0.1, -0.05) is 39.0 Å². The number of carbonyl (C=O) groups excluding carboxylic acids is 2. The van der Waals surface area contributed by atoms with Crippen LogP contribution in [0.15, 0.2) is 36.5 Å². The topological polar surface area (TPSA) is 77.5 Å². The summed E-state index contributed by atoms with van der Waals surface area (Å²) in [5, 5.41) is 3.72. The van der Waals surface area contributed by atoms with Gasteiger partial charge in [-0.25, -0.2) is 4.79 Å². The largest absolute Gasteiger partial charge is 0.467 e. The summed E-state index contributed by atoms with van der Waals surface area (Å²) in [6, 6.07) is 8.33. The van der Waals surface area contributed by atoms with E-state index in [9.17, 15) is 9.59 Å². The molecule has 1 aromatic heterocycles. The number of nitrogens with zero attached hydrogens (tertiary/aromatic N) is 1. The van der Waals surface area contributed by atoms with Gasteiger partial charge in [0.15, 0.2) is 8.32 Å². The maximum absolute atomic E-state index is 12.8. The second-order valence-corrected chi connectivity index (χ2v) is 13.1. The van der Waals surface area contributed by atoms with Crippen LogP contribution in [0.5, 0.6) is 0 Å². The lowest BCUT2D eigenvalue weighted by molar-refractivity contribution is -0.143. The van der Waals surface area contributed by atoms with Gasteiger partial charge < -0.3 is 14.5 Å². The SMILES string of the molecule is COC(=O)[C@H](CCO[Si](C)(C)C(C)(C)C)NC(=O)c1cccc2cccnc12. The van der Waals surface area contributed by atoms with Gasteiger partial charge in [-0.2, -0.15) is 0 Å². The molecule has 0 fully saturated rings. The minimum absolute atomic E-state index is 0.0750. The smallest absolute Gasteiger partial charge is 0.328 e. The maximum Gasteiger partial charge on any atom is 0.328 e. The molecule has 0 aliphatic carbocycles. The lowest BCUT2D eigenvalue weighted by atomic mass is 10.1. The minimum Gasteiger partial charge on any atom is -0.467 e. The molecular weight excluding hydrogens is 372 g/mol. The monoisotopic (exact) mass is 402 g/mol. The molecule has 1 atom stereocenters. The number of aromatic nitrogens is 1.